The Labute approximate surface area is 161 Å². The minimum absolute atomic E-state index is 0. The van der Waals surface area contributed by atoms with Crippen molar-refractivity contribution in [2.75, 3.05) is 18.6 Å². The molecular weight excluding hydrogens is 504 g/mol. The van der Waals surface area contributed by atoms with Crippen molar-refractivity contribution >= 4 is 67.3 Å². The summed E-state index contributed by atoms with van der Waals surface area (Å²) < 4.78 is 23.8. The van der Waals surface area contributed by atoms with Crippen molar-refractivity contribution in [3.05, 3.63) is 33.3 Å². The van der Waals surface area contributed by atoms with E-state index in [1.165, 1.54) is 0 Å². The second kappa shape index (κ2) is 8.70. The number of rotatable bonds is 3. The van der Waals surface area contributed by atoms with Gasteiger partial charge in [-0.2, -0.15) is 0 Å². The molecule has 1 aromatic rings. The summed E-state index contributed by atoms with van der Waals surface area (Å²) in [5, 5.41) is 6.94. The molecule has 124 valence electrons. The summed E-state index contributed by atoms with van der Waals surface area (Å²) in [6, 6.07) is 5.59. The zero-order valence-electron chi connectivity index (χ0n) is 12.0. The zero-order valence-corrected chi connectivity index (χ0v) is 17.5. The lowest BCUT2D eigenvalue weighted by Gasteiger charge is -2.16. The number of nitrogens with zero attached hydrogens (tertiary/aromatic N) is 1. The largest absolute Gasteiger partial charge is 0.353 e. The van der Waals surface area contributed by atoms with E-state index in [1.807, 2.05) is 18.2 Å². The fourth-order valence-corrected chi connectivity index (χ4v) is 4.55. The molecule has 1 aliphatic heterocycles. The van der Waals surface area contributed by atoms with Crippen molar-refractivity contribution in [1.82, 2.24) is 10.6 Å². The molecule has 1 saturated heterocycles. The molecule has 9 heteroatoms. The van der Waals surface area contributed by atoms with Crippen molar-refractivity contribution in [2.45, 2.75) is 19.0 Å². The average molecular weight is 523 g/mol. The highest BCUT2D eigenvalue weighted by molar-refractivity contribution is 14.0. The van der Waals surface area contributed by atoms with Crippen molar-refractivity contribution in [1.29, 1.82) is 0 Å². The molecule has 0 radical (unpaired) electrons. The van der Waals surface area contributed by atoms with Crippen LogP contribution in [0.15, 0.2) is 27.7 Å². The minimum Gasteiger partial charge on any atom is -0.353 e. The van der Waals surface area contributed by atoms with Crippen LogP contribution in [0, 0.1) is 0 Å². The van der Waals surface area contributed by atoms with Gasteiger partial charge in [0.2, 0.25) is 0 Å². The topological polar surface area (TPSA) is 70.6 Å². The first kappa shape index (κ1) is 20.0. The molecule has 0 amide bonds. The highest BCUT2D eigenvalue weighted by Crippen LogP contribution is 2.21. The van der Waals surface area contributed by atoms with Gasteiger partial charge < -0.3 is 10.6 Å². The third-order valence-corrected chi connectivity index (χ3v) is 5.87. The van der Waals surface area contributed by atoms with E-state index in [4.69, 9.17) is 11.6 Å². The van der Waals surface area contributed by atoms with Crippen LogP contribution in [0.3, 0.4) is 0 Å². The predicted molar refractivity (Wildman–Crippen MR) is 105 cm³/mol. The number of benzene rings is 1. The molecule has 0 bridgehead atoms. The number of nitrogens with one attached hydrogen (secondary N) is 2. The summed E-state index contributed by atoms with van der Waals surface area (Å²) in [5.74, 6) is 0.975. The summed E-state index contributed by atoms with van der Waals surface area (Å²) in [6.45, 7) is 0.519. The van der Waals surface area contributed by atoms with E-state index in [0.29, 0.717) is 23.9 Å². The van der Waals surface area contributed by atoms with Gasteiger partial charge in [-0.15, -0.1) is 24.0 Å². The van der Waals surface area contributed by atoms with Gasteiger partial charge in [-0.3, -0.25) is 4.99 Å². The maximum atomic E-state index is 11.4. The highest BCUT2D eigenvalue weighted by atomic mass is 127. The minimum atomic E-state index is -2.90. The van der Waals surface area contributed by atoms with Gasteiger partial charge >= 0.3 is 0 Å². The van der Waals surface area contributed by atoms with E-state index in [9.17, 15) is 8.42 Å². The molecule has 0 aliphatic carbocycles. The number of sulfone groups is 1. The second-order valence-electron chi connectivity index (χ2n) is 4.91. The highest BCUT2D eigenvalue weighted by Gasteiger charge is 2.28. The van der Waals surface area contributed by atoms with Crippen LogP contribution in [0.4, 0.5) is 0 Å². The van der Waals surface area contributed by atoms with Crippen LogP contribution in [0.25, 0.3) is 0 Å². The van der Waals surface area contributed by atoms with Crippen molar-refractivity contribution in [3.63, 3.8) is 0 Å². The van der Waals surface area contributed by atoms with Crippen LogP contribution in [-0.2, 0) is 16.4 Å². The Kier molecular flexibility index (Phi) is 7.90. The van der Waals surface area contributed by atoms with Crippen molar-refractivity contribution < 1.29 is 8.42 Å². The molecule has 0 aromatic heterocycles. The Morgan fingerprint density at radius 1 is 1.50 bits per heavy atom. The molecule has 0 spiro atoms. The molecule has 1 atom stereocenters. The first-order valence-corrected chi connectivity index (χ1v) is 9.50. The van der Waals surface area contributed by atoms with Crippen LogP contribution in [0.2, 0.25) is 5.02 Å². The van der Waals surface area contributed by atoms with Gasteiger partial charge in [-0.25, -0.2) is 8.42 Å². The molecule has 5 nitrogen and oxygen atoms in total. The standard InChI is InChI=1S/C13H17BrClN3O2S.HI/c1-16-13(18-11-4-5-21(19,20)8-11)17-7-9-2-3-10(14)6-12(9)15;/h2-3,6,11H,4-5,7-8H2,1H3,(H2,16,17,18);1H. The Hall–Kier alpha value is -0.0600. The molecule has 1 aromatic carbocycles. The lowest BCUT2D eigenvalue weighted by atomic mass is 10.2. The van der Waals surface area contributed by atoms with Gasteiger partial charge in [0, 0.05) is 29.1 Å². The van der Waals surface area contributed by atoms with Gasteiger partial charge in [0.15, 0.2) is 15.8 Å². The SMILES string of the molecule is CN=C(NCc1ccc(Br)cc1Cl)NC1CCS(=O)(=O)C1.I. The fraction of sp³-hybridized carbons (Fsp3) is 0.462. The zero-order chi connectivity index (χ0) is 15.5. The Morgan fingerprint density at radius 2 is 2.23 bits per heavy atom. The molecule has 1 fully saturated rings. The molecule has 1 unspecified atom stereocenters. The van der Waals surface area contributed by atoms with Crippen molar-refractivity contribution in [2.24, 2.45) is 4.99 Å². The van der Waals surface area contributed by atoms with E-state index < -0.39 is 9.84 Å². The van der Waals surface area contributed by atoms with Crippen LogP contribution in [0.5, 0.6) is 0 Å². The van der Waals surface area contributed by atoms with Gasteiger partial charge in [-0.05, 0) is 24.1 Å². The fourth-order valence-electron chi connectivity index (χ4n) is 2.14. The quantitative estimate of drug-likeness (QED) is 0.364. The predicted octanol–water partition coefficient (Wildman–Crippen LogP) is 2.57. The van der Waals surface area contributed by atoms with E-state index in [2.05, 4.69) is 31.6 Å². The van der Waals surface area contributed by atoms with E-state index in [0.717, 1.165) is 10.0 Å². The summed E-state index contributed by atoms with van der Waals surface area (Å²) in [4.78, 5) is 4.11. The smallest absolute Gasteiger partial charge is 0.191 e. The van der Waals surface area contributed by atoms with E-state index in [1.54, 1.807) is 7.05 Å². The second-order valence-corrected chi connectivity index (χ2v) is 8.46. The molecule has 2 rings (SSSR count). The van der Waals surface area contributed by atoms with Crippen LogP contribution in [0.1, 0.15) is 12.0 Å². The molecule has 22 heavy (non-hydrogen) atoms. The Morgan fingerprint density at radius 3 is 2.77 bits per heavy atom. The lowest BCUT2D eigenvalue weighted by Crippen LogP contribution is -2.43. The molecular formula is C13H18BrClIN3O2S. The summed E-state index contributed by atoms with van der Waals surface area (Å²) in [5.41, 5.74) is 0.946. The molecule has 0 saturated carbocycles. The maximum absolute atomic E-state index is 11.4. The summed E-state index contributed by atoms with van der Waals surface area (Å²) in [6.07, 6.45) is 0.613. The Bertz CT molecular complexity index is 655. The van der Waals surface area contributed by atoms with Crippen LogP contribution >= 0.6 is 51.5 Å². The number of guanidine groups is 1. The van der Waals surface area contributed by atoms with Crippen molar-refractivity contribution in [3.8, 4) is 0 Å². The number of aliphatic imine (C=N–C) groups is 1. The Balaban J connectivity index is 0.00000242. The first-order chi connectivity index (χ1) is 9.89. The molecule has 2 N–H and O–H groups in total. The monoisotopic (exact) mass is 521 g/mol. The third kappa shape index (κ3) is 5.86. The first-order valence-electron chi connectivity index (χ1n) is 6.51. The van der Waals surface area contributed by atoms with Crippen LogP contribution < -0.4 is 10.6 Å². The third-order valence-electron chi connectivity index (χ3n) is 3.26. The average Bonchev–Trinajstić information content (AvgIpc) is 2.75. The number of halogens is 3. The summed E-state index contributed by atoms with van der Waals surface area (Å²) >= 11 is 9.52. The molecule has 1 aliphatic rings. The number of hydrogen-bond donors (Lipinski definition) is 2. The normalized spacial score (nSPS) is 20.3. The van der Waals surface area contributed by atoms with Gasteiger partial charge in [-0.1, -0.05) is 33.6 Å². The van der Waals surface area contributed by atoms with Gasteiger partial charge in [0.1, 0.15) is 0 Å². The van der Waals surface area contributed by atoms with Crippen LogP contribution in [-0.4, -0.2) is 39.0 Å². The van der Waals surface area contributed by atoms with Gasteiger partial charge in [0.05, 0.1) is 11.5 Å². The molecule has 1 heterocycles. The lowest BCUT2D eigenvalue weighted by molar-refractivity contribution is 0.599. The number of hydrogen-bond acceptors (Lipinski definition) is 3. The maximum Gasteiger partial charge on any atom is 0.191 e. The summed E-state index contributed by atoms with van der Waals surface area (Å²) in [7, 11) is -1.24. The van der Waals surface area contributed by atoms with E-state index >= 15 is 0 Å². The van der Waals surface area contributed by atoms with Gasteiger partial charge in [0.25, 0.3) is 0 Å². The van der Waals surface area contributed by atoms with E-state index in [-0.39, 0.29) is 41.5 Å².